The number of nitrogens with one attached hydrogen (secondary N) is 1. The van der Waals surface area contributed by atoms with Crippen LogP contribution >= 0.6 is 11.6 Å². The van der Waals surface area contributed by atoms with Crippen LogP contribution in [0.1, 0.15) is 5.56 Å². The van der Waals surface area contributed by atoms with Crippen LogP contribution in [0.15, 0.2) is 36.5 Å². The summed E-state index contributed by atoms with van der Waals surface area (Å²) in [5.41, 5.74) is 0.250. The zero-order valence-corrected chi connectivity index (χ0v) is 12.4. The summed E-state index contributed by atoms with van der Waals surface area (Å²) in [5, 5.41) is 11.2. The van der Waals surface area contributed by atoms with Gasteiger partial charge < -0.3 is 10.2 Å². The molecule has 114 valence electrons. The molecule has 2 aromatic rings. The number of carbonyl (C=O) groups excluding carboxylic acids is 1. The molecule has 0 atom stereocenters. The van der Waals surface area contributed by atoms with Gasteiger partial charge in [-0.15, -0.1) is 5.10 Å². The molecule has 0 bridgehead atoms. The first-order valence-electron chi connectivity index (χ1n) is 6.88. The number of rotatable bonds is 4. The van der Waals surface area contributed by atoms with Gasteiger partial charge in [-0.1, -0.05) is 17.7 Å². The Morgan fingerprint density at radius 3 is 2.86 bits per heavy atom. The van der Waals surface area contributed by atoms with Crippen LogP contribution < -0.4 is 5.32 Å². The highest BCUT2D eigenvalue weighted by Crippen LogP contribution is 2.21. The minimum absolute atomic E-state index is 0.0244. The van der Waals surface area contributed by atoms with Crippen LogP contribution in [0.3, 0.4) is 0 Å². The number of nitrogens with zero attached hydrogens (tertiary/aromatic N) is 3. The summed E-state index contributed by atoms with van der Waals surface area (Å²) in [4.78, 5) is 13.8. The van der Waals surface area contributed by atoms with Gasteiger partial charge in [0.05, 0.1) is 12.5 Å². The van der Waals surface area contributed by atoms with Crippen molar-refractivity contribution in [2.75, 3.05) is 18.4 Å². The zero-order chi connectivity index (χ0) is 15.5. The van der Waals surface area contributed by atoms with Gasteiger partial charge in [0, 0.05) is 29.9 Å². The molecule has 0 spiro atoms. The molecular weight excluding hydrogens is 307 g/mol. The van der Waals surface area contributed by atoms with Crippen molar-refractivity contribution in [3.8, 4) is 0 Å². The maximum atomic E-state index is 13.7. The van der Waals surface area contributed by atoms with Crippen LogP contribution in [-0.4, -0.2) is 40.1 Å². The van der Waals surface area contributed by atoms with Crippen LogP contribution in [-0.2, 0) is 11.2 Å². The Morgan fingerprint density at radius 1 is 1.36 bits per heavy atom. The summed E-state index contributed by atoms with van der Waals surface area (Å²) >= 11 is 5.94. The van der Waals surface area contributed by atoms with Crippen molar-refractivity contribution >= 4 is 23.3 Å². The fourth-order valence-electron chi connectivity index (χ4n) is 2.33. The van der Waals surface area contributed by atoms with Gasteiger partial charge in [0.2, 0.25) is 5.91 Å². The molecule has 0 aliphatic carbocycles. The van der Waals surface area contributed by atoms with Gasteiger partial charge in [-0.05, 0) is 24.3 Å². The molecule has 2 heterocycles. The summed E-state index contributed by atoms with van der Waals surface area (Å²) in [6, 6.07) is 8.16. The highest BCUT2D eigenvalue weighted by atomic mass is 35.5. The highest BCUT2D eigenvalue weighted by molar-refractivity contribution is 6.31. The number of likely N-dealkylation sites (tertiary alicyclic amines) is 1. The molecule has 1 aromatic carbocycles. The van der Waals surface area contributed by atoms with Gasteiger partial charge in [-0.25, -0.2) is 4.39 Å². The Balaban J connectivity index is 1.53. The first-order chi connectivity index (χ1) is 10.6. The van der Waals surface area contributed by atoms with Gasteiger partial charge in [0.1, 0.15) is 11.6 Å². The quantitative estimate of drug-likeness (QED) is 0.937. The number of carbonyl (C=O) groups is 1. The largest absolute Gasteiger partial charge is 0.362 e. The number of benzene rings is 1. The summed E-state index contributed by atoms with van der Waals surface area (Å²) in [5.74, 6) is 0.0940. The Hall–Kier alpha value is -2.21. The molecule has 1 aliphatic heterocycles. The normalized spacial score (nSPS) is 14.5. The van der Waals surface area contributed by atoms with E-state index in [1.807, 2.05) is 6.07 Å². The maximum Gasteiger partial charge on any atom is 0.227 e. The topological polar surface area (TPSA) is 58.1 Å². The highest BCUT2D eigenvalue weighted by Gasteiger charge is 2.31. The van der Waals surface area contributed by atoms with Crippen molar-refractivity contribution in [2.24, 2.45) is 0 Å². The third-order valence-electron chi connectivity index (χ3n) is 3.55. The monoisotopic (exact) mass is 320 g/mol. The average molecular weight is 321 g/mol. The maximum absolute atomic E-state index is 13.7. The van der Waals surface area contributed by atoms with Crippen LogP contribution in [0.4, 0.5) is 10.2 Å². The van der Waals surface area contributed by atoms with Crippen LogP contribution in [0.5, 0.6) is 0 Å². The molecule has 22 heavy (non-hydrogen) atoms. The third-order valence-corrected chi connectivity index (χ3v) is 3.90. The SMILES string of the molecule is O=C(Cc1c(F)cccc1Cl)N1CC(Nc2cccnn2)C1. The van der Waals surface area contributed by atoms with E-state index < -0.39 is 5.82 Å². The molecule has 1 N–H and O–H groups in total. The van der Waals surface area contributed by atoms with E-state index in [1.165, 1.54) is 12.1 Å². The summed E-state index contributed by atoms with van der Waals surface area (Å²) in [6.07, 6.45) is 1.57. The Bertz CT molecular complexity index is 656. The lowest BCUT2D eigenvalue weighted by molar-refractivity contribution is -0.134. The lowest BCUT2D eigenvalue weighted by atomic mass is 10.1. The molecule has 3 rings (SSSR count). The van der Waals surface area contributed by atoms with Crippen LogP contribution in [0, 0.1) is 5.82 Å². The van der Waals surface area contributed by atoms with E-state index in [-0.39, 0.29) is 29.0 Å². The predicted octanol–water partition coefficient (Wildman–Crippen LogP) is 2.13. The van der Waals surface area contributed by atoms with Crippen LogP contribution in [0.25, 0.3) is 0 Å². The van der Waals surface area contributed by atoms with E-state index in [9.17, 15) is 9.18 Å². The van der Waals surface area contributed by atoms with E-state index in [2.05, 4.69) is 15.5 Å². The number of anilines is 1. The molecule has 1 fully saturated rings. The Morgan fingerprint density at radius 2 is 2.18 bits per heavy atom. The average Bonchev–Trinajstić information content (AvgIpc) is 2.47. The molecule has 1 aromatic heterocycles. The molecule has 0 unspecified atom stereocenters. The van der Waals surface area contributed by atoms with Gasteiger partial charge in [0.25, 0.3) is 0 Å². The number of hydrogen-bond donors (Lipinski definition) is 1. The van der Waals surface area contributed by atoms with E-state index in [1.54, 1.807) is 23.2 Å². The summed E-state index contributed by atoms with van der Waals surface area (Å²) in [7, 11) is 0. The van der Waals surface area contributed by atoms with Crippen molar-refractivity contribution in [1.29, 1.82) is 0 Å². The minimum Gasteiger partial charge on any atom is -0.362 e. The first-order valence-corrected chi connectivity index (χ1v) is 7.26. The molecule has 5 nitrogen and oxygen atoms in total. The van der Waals surface area contributed by atoms with Gasteiger partial charge in [0.15, 0.2) is 0 Å². The second-order valence-corrected chi connectivity index (χ2v) is 5.53. The fraction of sp³-hybridized carbons (Fsp3) is 0.267. The summed E-state index contributed by atoms with van der Waals surface area (Å²) < 4.78 is 13.7. The predicted molar refractivity (Wildman–Crippen MR) is 81.1 cm³/mol. The molecule has 1 amide bonds. The number of halogens is 2. The lowest BCUT2D eigenvalue weighted by Gasteiger charge is -2.39. The van der Waals surface area contributed by atoms with Crippen molar-refractivity contribution in [2.45, 2.75) is 12.5 Å². The second kappa shape index (κ2) is 6.27. The van der Waals surface area contributed by atoms with E-state index in [0.29, 0.717) is 18.9 Å². The number of aromatic nitrogens is 2. The number of hydrogen-bond acceptors (Lipinski definition) is 4. The van der Waals surface area contributed by atoms with Gasteiger partial charge in [-0.3, -0.25) is 4.79 Å². The van der Waals surface area contributed by atoms with Crippen molar-refractivity contribution in [1.82, 2.24) is 15.1 Å². The molecule has 7 heteroatoms. The molecule has 1 saturated heterocycles. The third kappa shape index (κ3) is 3.17. The lowest BCUT2D eigenvalue weighted by Crippen LogP contribution is -2.57. The second-order valence-electron chi connectivity index (χ2n) is 5.13. The molecule has 0 saturated carbocycles. The number of amides is 1. The molecular formula is C15H14ClFN4O. The van der Waals surface area contributed by atoms with E-state index in [4.69, 9.17) is 11.6 Å². The Labute approximate surface area is 132 Å². The summed E-state index contributed by atoms with van der Waals surface area (Å²) in [6.45, 7) is 1.11. The molecule has 0 radical (unpaired) electrons. The first kappa shape index (κ1) is 14.7. The van der Waals surface area contributed by atoms with Gasteiger partial charge >= 0.3 is 0 Å². The smallest absolute Gasteiger partial charge is 0.227 e. The van der Waals surface area contributed by atoms with Gasteiger partial charge in [-0.2, -0.15) is 5.10 Å². The van der Waals surface area contributed by atoms with Crippen LogP contribution in [0.2, 0.25) is 5.02 Å². The standard InChI is InChI=1S/C15H14ClFN4O/c16-12-3-1-4-13(17)11(12)7-15(22)21-8-10(9-21)19-14-5-2-6-18-20-14/h1-6,10H,7-9H2,(H,19,20). The van der Waals surface area contributed by atoms with Crippen molar-refractivity contribution in [3.05, 3.63) is 52.9 Å². The molecule has 1 aliphatic rings. The van der Waals surface area contributed by atoms with E-state index in [0.717, 1.165) is 0 Å². The fourth-order valence-corrected chi connectivity index (χ4v) is 2.56. The Kier molecular flexibility index (Phi) is 4.20. The van der Waals surface area contributed by atoms with Crippen molar-refractivity contribution in [3.63, 3.8) is 0 Å². The van der Waals surface area contributed by atoms with Crippen molar-refractivity contribution < 1.29 is 9.18 Å². The zero-order valence-electron chi connectivity index (χ0n) is 11.7. The minimum atomic E-state index is -0.449. The van der Waals surface area contributed by atoms with E-state index >= 15 is 0 Å².